The van der Waals surface area contributed by atoms with Crippen LogP contribution in [0.4, 0.5) is 9.59 Å². The molecule has 0 unspecified atom stereocenters. The van der Waals surface area contributed by atoms with Crippen LogP contribution in [0, 0.1) is 0 Å². The monoisotopic (exact) mass is 457 g/mol. The minimum absolute atomic E-state index is 0.204. The molecule has 0 radical (unpaired) electrons. The Bertz CT molecular complexity index is 553. The van der Waals surface area contributed by atoms with Gasteiger partial charge in [0.15, 0.2) is 0 Å². The molecule has 3 N–H and O–H groups in total. The summed E-state index contributed by atoms with van der Waals surface area (Å²) in [5.74, 6) is -0.204. The second kappa shape index (κ2) is 15.8. The highest BCUT2D eigenvalue weighted by Crippen LogP contribution is 2.10. The largest absolute Gasteiger partial charge is 0.444 e. The van der Waals surface area contributed by atoms with Gasteiger partial charge in [0, 0.05) is 13.1 Å². The number of carbonyl (C=O) groups is 3. The molecule has 0 aliphatic heterocycles. The molecule has 3 amide bonds. The Labute approximate surface area is 194 Å². The fourth-order valence-corrected chi connectivity index (χ4v) is 2.94. The normalized spacial score (nSPS) is 12.6. The van der Waals surface area contributed by atoms with E-state index in [1.165, 1.54) is 25.7 Å². The van der Waals surface area contributed by atoms with Crippen molar-refractivity contribution in [2.75, 3.05) is 13.1 Å². The van der Waals surface area contributed by atoms with Crippen molar-refractivity contribution in [2.24, 2.45) is 0 Å². The fraction of sp³-hybridized carbons (Fsp3) is 0.875. The molecule has 188 valence electrons. The second-order valence-electron chi connectivity index (χ2n) is 10.2. The zero-order chi connectivity index (χ0) is 24.6. The first-order valence-corrected chi connectivity index (χ1v) is 12.1. The predicted molar refractivity (Wildman–Crippen MR) is 128 cm³/mol. The van der Waals surface area contributed by atoms with E-state index in [2.05, 4.69) is 22.9 Å². The predicted octanol–water partition coefficient (Wildman–Crippen LogP) is 5.05. The first-order chi connectivity index (χ1) is 14.8. The molecule has 0 aromatic carbocycles. The van der Waals surface area contributed by atoms with Crippen LogP contribution in [-0.4, -0.2) is 48.4 Å². The van der Waals surface area contributed by atoms with Crippen molar-refractivity contribution in [3.8, 4) is 0 Å². The molecule has 0 saturated heterocycles. The van der Waals surface area contributed by atoms with Crippen molar-refractivity contribution >= 4 is 18.1 Å². The van der Waals surface area contributed by atoms with Crippen molar-refractivity contribution in [3.05, 3.63) is 0 Å². The minimum Gasteiger partial charge on any atom is -0.444 e. The number of carbonyl (C=O) groups excluding carboxylic acids is 3. The average Bonchev–Trinajstić information content (AvgIpc) is 2.63. The van der Waals surface area contributed by atoms with Gasteiger partial charge in [-0.1, -0.05) is 39.0 Å². The number of hydrogen-bond acceptors (Lipinski definition) is 5. The molecular weight excluding hydrogens is 410 g/mol. The van der Waals surface area contributed by atoms with Crippen LogP contribution in [0.1, 0.15) is 106 Å². The standard InChI is InChI=1S/C24H47N3O5/c1-8-9-10-11-12-14-17-25-20(28)19(27-22(30)32-24(5,6)7)16-13-15-18-26-21(29)31-23(2,3)4/h19H,8-18H2,1-7H3,(H,25,28)(H,26,29)(H,27,30)/t19-/m0/s1. The van der Waals surface area contributed by atoms with Crippen LogP contribution < -0.4 is 16.0 Å². The van der Waals surface area contributed by atoms with Crippen molar-refractivity contribution in [1.82, 2.24) is 16.0 Å². The Kier molecular flexibility index (Phi) is 14.8. The quantitative estimate of drug-likeness (QED) is 0.316. The van der Waals surface area contributed by atoms with Gasteiger partial charge in [0.2, 0.25) is 5.91 Å². The first-order valence-electron chi connectivity index (χ1n) is 12.1. The van der Waals surface area contributed by atoms with Crippen LogP contribution in [0.25, 0.3) is 0 Å². The number of unbranched alkanes of at least 4 members (excludes halogenated alkanes) is 6. The molecule has 1 atom stereocenters. The SMILES string of the molecule is CCCCCCCCNC(=O)[C@H](CCCCNC(=O)OC(C)(C)C)NC(=O)OC(C)(C)C. The lowest BCUT2D eigenvalue weighted by atomic mass is 10.1. The van der Waals surface area contributed by atoms with Crippen molar-refractivity contribution in [2.45, 2.75) is 123 Å². The van der Waals surface area contributed by atoms with E-state index in [1.807, 2.05) is 20.8 Å². The van der Waals surface area contributed by atoms with Gasteiger partial charge >= 0.3 is 12.2 Å². The third-order valence-electron chi connectivity index (χ3n) is 4.42. The second-order valence-corrected chi connectivity index (χ2v) is 10.2. The van der Waals surface area contributed by atoms with Crippen LogP contribution in [-0.2, 0) is 14.3 Å². The van der Waals surface area contributed by atoms with Gasteiger partial charge < -0.3 is 25.4 Å². The van der Waals surface area contributed by atoms with E-state index in [0.717, 1.165) is 12.8 Å². The molecule has 32 heavy (non-hydrogen) atoms. The Morgan fingerprint density at radius 1 is 0.688 bits per heavy atom. The summed E-state index contributed by atoms with van der Waals surface area (Å²) in [5, 5.41) is 8.32. The van der Waals surface area contributed by atoms with E-state index in [4.69, 9.17) is 9.47 Å². The van der Waals surface area contributed by atoms with Crippen LogP contribution in [0.15, 0.2) is 0 Å². The van der Waals surface area contributed by atoms with Crippen molar-refractivity contribution in [3.63, 3.8) is 0 Å². The molecule has 0 heterocycles. The van der Waals surface area contributed by atoms with Gasteiger partial charge in [0.25, 0.3) is 0 Å². The first kappa shape index (κ1) is 30.0. The molecule has 0 aromatic rings. The van der Waals surface area contributed by atoms with E-state index in [1.54, 1.807) is 20.8 Å². The third kappa shape index (κ3) is 18.8. The fourth-order valence-electron chi connectivity index (χ4n) is 2.94. The topological polar surface area (TPSA) is 106 Å². The lowest BCUT2D eigenvalue weighted by Gasteiger charge is -2.23. The summed E-state index contributed by atoms with van der Waals surface area (Å²) in [6.07, 6.45) is 7.57. The van der Waals surface area contributed by atoms with Gasteiger partial charge in [-0.05, 0) is 67.2 Å². The van der Waals surface area contributed by atoms with Crippen LogP contribution in [0.3, 0.4) is 0 Å². The molecule has 0 fully saturated rings. The molecule has 0 rings (SSSR count). The number of nitrogens with one attached hydrogen (secondary N) is 3. The van der Waals surface area contributed by atoms with Gasteiger partial charge in [-0.2, -0.15) is 0 Å². The highest BCUT2D eigenvalue weighted by molar-refractivity contribution is 5.85. The van der Waals surface area contributed by atoms with Gasteiger partial charge in [0.05, 0.1) is 0 Å². The maximum Gasteiger partial charge on any atom is 0.408 e. The molecule has 0 bridgehead atoms. The molecular formula is C24H47N3O5. The number of hydrogen-bond donors (Lipinski definition) is 3. The van der Waals surface area contributed by atoms with Crippen molar-refractivity contribution in [1.29, 1.82) is 0 Å². The van der Waals surface area contributed by atoms with Crippen LogP contribution in [0.5, 0.6) is 0 Å². The summed E-state index contributed by atoms with van der Waals surface area (Å²) in [4.78, 5) is 36.5. The van der Waals surface area contributed by atoms with Gasteiger partial charge in [-0.15, -0.1) is 0 Å². The molecule has 0 aromatic heterocycles. The zero-order valence-corrected chi connectivity index (χ0v) is 21.4. The third-order valence-corrected chi connectivity index (χ3v) is 4.42. The Morgan fingerprint density at radius 2 is 1.19 bits per heavy atom. The molecule has 0 aliphatic rings. The van der Waals surface area contributed by atoms with E-state index < -0.39 is 29.4 Å². The summed E-state index contributed by atoms with van der Waals surface area (Å²) in [7, 11) is 0. The van der Waals surface area contributed by atoms with E-state index in [9.17, 15) is 14.4 Å². The Balaban J connectivity index is 4.46. The van der Waals surface area contributed by atoms with Gasteiger partial charge in [-0.25, -0.2) is 9.59 Å². The van der Waals surface area contributed by atoms with Gasteiger partial charge in [0.1, 0.15) is 17.2 Å². The highest BCUT2D eigenvalue weighted by Gasteiger charge is 2.24. The minimum atomic E-state index is -0.675. The summed E-state index contributed by atoms with van der Waals surface area (Å²) < 4.78 is 10.5. The maximum absolute atomic E-state index is 12.6. The molecule has 0 saturated carbocycles. The smallest absolute Gasteiger partial charge is 0.408 e. The van der Waals surface area contributed by atoms with Crippen LogP contribution >= 0.6 is 0 Å². The van der Waals surface area contributed by atoms with Crippen LogP contribution in [0.2, 0.25) is 0 Å². The highest BCUT2D eigenvalue weighted by atomic mass is 16.6. The lowest BCUT2D eigenvalue weighted by Crippen LogP contribution is -2.48. The summed E-state index contributed by atoms with van der Waals surface area (Å²) in [6, 6.07) is -0.675. The van der Waals surface area contributed by atoms with E-state index in [-0.39, 0.29) is 5.91 Å². The summed E-state index contributed by atoms with van der Waals surface area (Å²) in [5.41, 5.74) is -1.18. The number of rotatable bonds is 14. The van der Waals surface area contributed by atoms with E-state index in [0.29, 0.717) is 32.4 Å². The molecule has 8 heteroatoms. The lowest BCUT2D eigenvalue weighted by molar-refractivity contribution is -0.123. The summed E-state index contributed by atoms with van der Waals surface area (Å²) in [6.45, 7) is 14.0. The van der Waals surface area contributed by atoms with Gasteiger partial charge in [-0.3, -0.25) is 4.79 Å². The Morgan fingerprint density at radius 3 is 1.78 bits per heavy atom. The maximum atomic E-state index is 12.6. The average molecular weight is 458 g/mol. The number of alkyl carbamates (subject to hydrolysis) is 2. The molecule has 0 aliphatic carbocycles. The molecule has 8 nitrogen and oxygen atoms in total. The zero-order valence-electron chi connectivity index (χ0n) is 21.4. The number of ether oxygens (including phenoxy) is 2. The number of amides is 3. The molecule has 0 spiro atoms. The summed E-state index contributed by atoms with van der Waals surface area (Å²) >= 11 is 0. The Hall–Kier alpha value is -1.99. The van der Waals surface area contributed by atoms with E-state index >= 15 is 0 Å². The van der Waals surface area contributed by atoms with Crippen molar-refractivity contribution < 1.29 is 23.9 Å².